The van der Waals surface area contributed by atoms with Crippen molar-refractivity contribution in [2.75, 3.05) is 10.6 Å². The molecule has 0 aliphatic carbocycles. The minimum absolute atomic E-state index is 0.728. The third-order valence-electron chi connectivity index (χ3n) is 3.15. The second kappa shape index (κ2) is 6.57. The Morgan fingerprint density at radius 2 is 1.33 bits per heavy atom. The molecule has 104 valence electrons. The van der Waals surface area contributed by atoms with E-state index in [2.05, 4.69) is 39.9 Å². The van der Waals surface area contributed by atoms with E-state index >= 15 is 0 Å². The van der Waals surface area contributed by atoms with Crippen molar-refractivity contribution in [1.29, 1.82) is 0 Å². The van der Waals surface area contributed by atoms with Gasteiger partial charge in [-0.15, -0.1) is 0 Å². The number of benzene rings is 2. The lowest BCUT2D eigenvalue weighted by molar-refractivity contribution is 1.05. The summed E-state index contributed by atoms with van der Waals surface area (Å²) in [5.41, 5.74) is 4.28. The molecule has 3 heteroatoms. The van der Waals surface area contributed by atoms with Crippen LogP contribution in [0.3, 0.4) is 0 Å². The first-order valence-electron chi connectivity index (χ1n) is 6.96. The van der Waals surface area contributed by atoms with E-state index in [9.17, 15) is 0 Å². The molecule has 0 unspecified atom stereocenters. The highest BCUT2D eigenvalue weighted by atomic mass is 14.9. The summed E-state index contributed by atoms with van der Waals surface area (Å²) < 4.78 is 0. The largest absolute Gasteiger partial charge is 0.379 e. The lowest BCUT2D eigenvalue weighted by Crippen LogP contribution is -2.01. The van der Waals surface area contributed by atoms with E-state index in [1.165, 1.54) is 0 Å². The predicted octanol–water partition coefficient (Wildman–Crippen LogP) is 4.44. The normalized spacial score (nSPS) is 10.1. The summed E-state index contributed by atoms with van der Waals surface area (Å²) in [7, 11) is 0. The summed E-state index contributed by atoms with van der Waals surface area (Å²) in [6.45, 7) is 0.728. The van der Waals surface area contributed by atoms with Crippen LogP contribution in [0, 0.1) is 0 Å². The highest BCUT2D eigenvalue weighted by Crippen LogP contribution is 2.18. The lowest BCUT2D eigenvalue weighted by atomic mass is 10.2. The molecule has 0 fully saturated rings. The highest BCUT2D eigenvalue weighted by molar-refractivity contribution is 5.62. The first-order chi connectivity index (χ1) is 10.4. The van der Waals surface area contributed by atoms with Gasteiger partial charge in [-0.05, 0) is 48.5 Å². The number of hydrogen-bond acceptors (Lipinski definition) is 3. The van der Waals surface area contributed by atoms with Crippen LogP contribution in [0.1, 0.15) is 5.69 Å². The van der Waals surface area contributed by atoms with Crippen molar-refractivity contribution < 1.29 is 0 Å². The lowest BCUT2D eigenvalue weighted by Gasteiger charge is -2.09. The van der Waals surface area contributed by atoms with Gasteiger partial charge in [-0.1, -0.05) is 24.3 Å². The number of anilines is 3. The van der Waals surface area contributed by atoms with Gasteiger partial charge in [0.15, 0.2) is 0 Å². The maximum atomic E-state index is 4.29. The Balaban J connectivity index is 1.59. The average molecular weight is 275 g/mol. The van der Waals surface area contributed by atoms with Crippen molar-refractivity contribution in [1.82, 2.24) is 4.98 Å². The Kier molecular flexibility index (Phi) is 4.12. The maximum absolute atomic E-state index is 4.29. The smallest absolute Gasteiger partial charge is 0.0594 e. The number of pyridine rings is 1. The van der Waals surface area contributed by atoms with E-state index in [0.29, 0.717) is 0 Å². The van der Waals surface area contributed by atoms with Gasteiger partial charge in [0.25, 0.3) is 0 Å². The van der Waals surface area contributed by atoms with Gasteiger partial charge in [0.1, 0.15) is 0 Å². The molecule has 0 atom stereocenters. The molecule has 0 spiro atoms. The molecule has 21 heavy (non-hydrogen) atoms. The van der Waals surface area contributed by atoms with Gasteiger partial charge >= 0.3 is 0 Å². The molecule has 0 aliphatic rings. The van der Waals surface area contributed by atoms with E-state index in [0.717, 1.165) is 29.3 Å². The van der Waals surface area contributed by atoms with Crippen molar-refractivity contribution in [3.8, 4) is 0 Å². The fraction of sp³-hybridized carbons (Fsp3) is 0.0556. The van der Waals surface area contributed by atoms with Crippen LogP contribution in [0.15, 0.2) is 79.0 Å². The van der Waals surface area contributed by atoms with Gasteiger partial charge in [0, 0.05) is 23.3 Å². The van der Waals surface area contributed by atoms with Gasteiger partial charge in [-0.25, -0.2) is 0 Å². The fourth-order valence-corrected chi connectivity index (χ4v) is 2.05. The van der Waals surface area contributed by atoms with Crippen LogP contribution >= 0.6 is 0 Å². The minimum Gasteiger partial charge on any atom is -0.379 e. The van der Waals surface area contributed by atoms with E-state index < -0.39 is 0 Å². The van der Waals surface area contributed by atoms with Crippen LogP contribution in [0.25, 0.3) is 0 Å². The number of nitrogens with one attached hydrogen (secondary N) is 2. The van der Waals surface area contributed by atoms with Gasteiger partial charge in [0.05, 0.1) is 12.2 Å². The predicted molar refractivity (Wildman–Crippen MR) is 87.7 cm³/mol. The molecule has 2 aromatic carbocycles. The van der Waals surface area contributed by atoms with E-state index in [1.807, 2.05) is 54.7 Å². The van der Waals surface area contributed by atoms with Crippen LogP contribution in [0.2, 0.25) is 0 Å². The monoisotopic (exact) mass is 275 g/mol. The summed E-state index contributed by atoms with van der Waals surface area (Å²) >= 11 is 0. The zero-order chi connectivity index (χ0) is 14.3. The van der Waals surface area contributed by atoms with Crippen LogP contribution in [-0.2, 0) is 6.54 Å². The van der Waals surface area contributed by atoms with Crippen LogP contribution in [0.4, 0.5) is 17.1 Å². The van der Waals surface area contributed by atoms with E-state index in [1.54, 1.807) is 0 Å². The molecular formula is C18H17N3. The molecule has 3 aromatic rings. The quantitative estimate of drug-likeness (QED) is 0.723. The SMILES string of the molecule is c1ccc(Nc2ccc(NCc3ccccn3)cc2)cc1. The van der Waals surface area contributed by atoms with Gasteiger partial charge in [-0.2, -0.15) is 0 Å². The second-order valence-corrected chi connectivity index (χ2v) is 4.74. The molecule has 0 bridgehead atoms. The van der Waals surface area contributed by atoms with Gasteiger partial charge < -0.3 is 10.6 Å². The number of hydrogen-bond donors (Lipinski definition) is 2. The standard InChI is InChI=1S/C18H17N3/c1-2-6-16(7-3-1)21-17-11-9-15(10-12-17)20-14-18-8-4-5-13-19-18/h1-13,20-21H,14H2. The van der Waals surface area contributed by atoms with Crippen LogP contribution in [0.5, 0.6) is 0 Å². The number of aromatic nitrogens is 1. The van der Waals surface area contributed by atoms with Gasteiger partial charge in [-0.3, -0.25) is 4.98 Å². The molecule has 2 N–H and O–H groups in total. The Morgan fingerprint density at radius 1 is 0.667 bits per heavy atom. The topological polar surface area (TPSA) is 37.0 Å². The van der Waals surface area contributed by atoms with Crippen molar-refractivity contribution in [3.05, 3.63) is 84.7 Å². The van der Waals surface area contributed by atoms with Crippen molar-refractivity contribution in [2.24, 2.45) is 0 Å². The Labute approximate surface area is 124 Å². The second-order valence-electron chi connectivity index (χ2n) is 4.74. The first kappa shape index (κ1) is 13.2. The van der Waals surface area contributed by atoms with Gasteiger partial charge in [0.2, 0.25) is 0 Å². The summed E-state index contributed by atoms with van der Waals surface area (Å²) in [5, 5.41) is 6.73. The minimum atomic E-state index is 0.728. The molecule has 0 saturated carbocycles. The summed E-state index contributed by atoms with van der Waals surface area (Å²) in [6, 6.07) is 24.3. The summed E-state index contributed by atoms with van der Waals surface area (Å²) in [6.07, 6.45) is 1.81. The molecule has 1 heterocycles. The fourth-order valence-electron chi connectivity index (χ4n) is 2.05. The molecule has 3 rings (SSSR count). The molecular weight excluding hydrogens is 258 g/mol. The Hall–Kier alpha value is -2.81. The molecule has 0 amide bonds. The summed E-state index contributed by atoms with van der Waals surface area (Å²) in [4.78, 5) is 4.29. The summed E-state index contributed by atoms with van der Waals surface area (Å²) in [5.74, 6) is 0. The zero-order valence-corrected chi connectivity index (χ0v) is 11.7. The molecule has 0 aliphatic heterocycles. The van der Waals surface area contributed by atoms with Crippen LogP contribution < -0.4 is 10.6 Å². The highest BCUT2D eigenvalue weighted by Gasteiger charge is 1.96. The Bertz CT molecular complexity index is 664. The number of nitrogens with zero attached hydrogens (tertiary/aromatic N) is 1. The number of para-hydroxylation sites is 1. The first-order valence-corrected chi connectivity index (χ1v) is 6.96. The maximum Gasteiger partial charge on any atom is 0.0594 e. The van der Waals surface area contributed by atoms with Crippen LogP contribution in [-0.4, -0.2) is 4.98 Å². The van der Waals surface area contributed by atoms with E-state index in [4.69, 9.17) is 0 Å². The molecule has 3 nitrogen and oxygen atoms in total. The Morgan fingerprint density at radius 3 is 2.05 bits per heavy atom. The molecule has 1 aromatic heterocycles. The van der Waals surface area contributed by atoms with Crippen molar-refractivity contribution in [3.63, 3.8) is 0 Å². The third-order valence-corrected chi connectivity index (χ3v) is 3.15. The number of rotatable bonds is 5. The van der Waals surface area contributed by atoms with Crippen molar-refractivity contribution >= 4 is 17.1 Å². The average Bonchev–Trinajstić information content (AvgIpc) is 2.56. The molecule has 0 radical (unpaired) electrons. The zero-order valence-electron chi connectivity index (χ0n) is 11.7. The van der Waals surface area contributed by atoms with E-state index in [-0.39, 0.29) is 0 Å². The van der Waals surface area contributed by atoms with Crippen molar-refractivity contribution in [2.45, 2.75) is 6.54 Å². The molecule has 0 saturated heterocycles. The third kappa shape index (κ3) is 3.83.